The van der Waals surface area contributed by atoms with Gasteiger partial charge in [-0.2, -0.15) is 5.26 Å². The van der Waals surface area contributed by atoms with Gasteiger partial charge in [0.15, 0.2) is 11.5 Å². The second-order valence-corrected chi connectivity index (χ2v) is 4.26. The Labute approximate surface area is 106 Å². The zero-order chi connectivity index (χ0) is 13.0. The van der Waals surface area contributed by atoms with Crippen LogP contribution in [-0.4, -0.2) is 38.5 Å². The van der Waals surface area contributed by atoms with Gasteiger partial charge in [-0.05, 0) is 18.2 Å². The molecule has 2 N–H and O–H groups in total. The Kier molecular flexibility index (Phi) is 4.03. The molecule has 1 aliphatic heterocycles. The van der Waals surface area contributed by atoms with Crippen LogP contribution in [-0.2, 0) is 4.74 Å². The van der Waals surface area contributed by atoms with Crippen LogP contribution in [0, 0.1) is 11.3 Å². The van der Waals surface area contributed by atoms with Crippen LogP contribution in [0.5, 0.6) is 11.5 Å². The van der Waals surface area contributed by atoms with Crippen molar-refractivity contribution in [1.29, 1.82) is 5.26 Å². The molecule has 0 amide bonds. The summed E-state index contributed by atoms with van der Waals surface area (Å²) in [6, 6.07) is 7.15. The minimum atomic E-state index is -0.247. The Morgan fingerprint density at radius 1 is 1.44 bits per heavy atom. The van der Waals surface area contributed by atoms with Gasteiger partial charge in [0, 0.05) is 5.56 Å². The van der Waals surface area contributed by atoms with E-state index in [1.807, 2.05) is 0 Å². The topological polar surface area (TPSA) is 66.9 Å². The van der Waals surface area contributed by atoms with Crippen LogP contribution in [0.2, 0.25) is 0 Å². The smallest absolute Gasteiger partial charge is 0.201 e. The Morgan fingerprint density at radius 3 is 2.78 bits per heavy atom. The molecule has 1 aromatic carbocycles. The van der Waals surface area contributed by atoms with Gasteiger partial charge in [-0.15, -0.1) is 0 Å². The van der Waals surface area contributed by atoms with Gasteiger partial charge in [-0.3, -0.25) is 0 Å². The van der Waals surface area contributed by atoms with E-state index in [4.69, 9.17) is 9.47 Å². The first kappa shape index (κ1) is 12.7. The van der Waals surface area contributed by atoms with E-state index in [-0.39, 0.29) is 11.8 Å². The lowest BCUT2D eigenvalue weighted by atomic mass is 10.1. The lowest BCUT2D eigenvalue weighted by Crippen LogP contribution is -3.14. The Hall–Kier alpha value is -1.77. The molecule has 1 saturated heterocycles. The number of ether oxygens (including phenoxy) is 2. The molecule has 1 fully saturated rings. The number of rotatable bonds is 3. The number of morpholine rings is 1. The van der Waals surface area contributed by atoms with E-state index in [2.05, 4.69) is 6.07 Å². The van der Waals surface area contributed by atoms with E-state index in [1.54, 1.807) is 18.2 Å². The van der Waals surface area contributed by atoms with E-state index in [9.17, 15) is 10.4 Å². The summed E-state index contributed by atoms with van der Waals surface area (Å²) >= 11 is 0. The number of hydrogen-bond donors (Lipinski definition) is 2. The number of phenols is 1. The highest BCUT2D eigenvalue weighted by molar-refractivity contribution is 5.43. The van der Waals surface area contributed by atoms with Crippen LogP contribution in [0.15, 0.2) is 18.2 Å². The second kappa shape index (κ2) is 5.71. The second-order valence-electron chi connectivity index (χ2n) is 4.26. The largest absolute Gasteiger partial charge is 0.504 e. The number of nitriles is 1. The monoisotopic (exact) mass is 249 g/mol. The van der Waals surface area contributed by atoms with Crippen molar-refractivity contribution in [2.45, 2.75) is 6.04 Å². The molecule has 1 heterocycles. The third-order valence-electron chi connectivity index (χ3n) is 3.21. The van der Waals surface area contributed by atoms with Crippen LogP contribution in [0.3, 0.4) is 0 Å². The number of benzene rings is 1. The lowest BCUT2D eigenvalue weighted by molar-refractivity contribution is -0.930. The van der Waals surface area contributed by atoms with Crippen LogP contribution in [0.1, 0.15) is 11.6 Å². The fraction of sp³-hybridized carbons (Fsp3) is 0.462. The quantitative estimate of drug-likeness (QED) is 0.784. The number of nitrogens with zero attached hydrogens (tertiary/aromatic N) is 1. The van der Waals surface area contributed by atoms with Crippen molar-refractivity contribution in [2.75, 3.05) is 33.4 Å². The van der Waals surface area contributed by atoms with Crippen LogP contribution in [0.4, 0.5) is 0 Å². The third kappa shape index (κ3) is 2.55. The van der Waals surface area contributed by atoms with Crippen molar-refractivity contribution in [3.8, 4) is 17.6 Å². The van der Waals surface area contributed by atoms with Gasteiger partial charge >= 0.3 is 0 Å². The Balaban J connectivity index is 2.24. The number of hydrogen-bond acceptors (Lipinski definition) is 4. The van der Waals surface area contributed by atoms with Gasteiger partial charge in [0.2, 0.25) is 6.04 Å². The van der Waals surface area contributed by atoms with E-state index in [0.29, 0.717) is 19.0 Å². The molecule has 0 saturated carbocycles. The van der Waals surface area contributed by atoms with Crippen LogP contribution < -0.4 is 9.64 Å². The number of phenolic OH excluding ortho intramolecular Hbond substituents is 1. The zero-order valence-corrected chi connectivity index (χ0v) is 10.3. The number of nitrogens with one attached hydrogen (secondary N) is 1. The lowest BCUT2D eigenvalue weighted by Gasteiger charge is -2.27. The highest BCUT2D eigenvalue weighted by atomic mass is 16.5. The molecule has 5 nitrogen and oxygen atoms in total. The highest BCUT2D eigenvalue weighted by Crippen LogP contribution is 2.28. The summed E-state index contributed by atoms with van der Waals surface area (Å²) in [6.45, 7) is 3.01. The summed E-state index contributed by atoms with van der Waals surface area (Å²) in [4.78, 5) is 1.19. The van der Waals surface area contributed by atoms with Crippen molar-refractivity contribution in [3.63, 3.8) is 0 Å². The molecule has 0 spiro atoms. The predicted molar refractivity (Wildman–Crippen MR) is 64.5 cm³/mol. The number of aromatic hydroxyl groups is 1. The van der Waals surface area contributed by atoms with Crippen LogP contribution >= 0.6 is 0 Å². The van der Waals surface area contributed by atoms with Crippen molar-refractivity contribution in [3.05, 3.63) is 23.8 Å². The fourth-order valence-electron chi connectivity index (χ4n) is 2.20. The molecule has 5 heteroatoms. The maximum atomic E-state index is 9.57. The minimum absolute atomic E-state index is 0.0925. The maximum Gasteiger partial charge on any atom is 0.201 e. The maximum absolute atomic E-state index is 9.57. The van der Waals surface area contributed by atoms with E-state index in [1.165, 1.54) is 12.0 Å². The fourth-order valence-corrected chi connectivity index (χ4v) is 2.20. The molecular formula is C13H17N2O3+. The van der Waals surface area contributed by atoms with Crippen LogP contribution in [0.25, 0.3) is 0 Å². The first-order valence-corrected chi connectivity index (χ1v) is 5.95. The van der Waals surface area contributed by atoms with E-state index < -0.39 is 0 Å². The third-order valence-corrected chi connectivity index (χ3v) is 3.21. The SMILES string of the molecule is COc1cc([C@H](C#N)[NH+]2CCOCC2)ccc1O. The van der Waals surface area contributed by atoms with Crippen molar-refractivity contribution in [1.82, 2.24) is 0 Å². The van der Waals surface area contributed by atoms with Gasteiger partial charge in [0.05, 0.1) is 20.3 Å². The van der Waals surface area contributed by atoms with E-state index >= 15 is 0 Å². The minimum Gasteiger partial charge on any atom is -0.504 e. The number of methoxy groups -OCH3 is 1. The first-order chi connectivity index (χ1) is 8.76. The summed E-state index contributed by atoms with van der Waals surface area (Å²) in [5.74, 6) is 0.496. The average Bonchev–Trinajstić information content (AvgIpc) is 2.42. The highest BCUT2D eigenvalue weighted by Gasteiger charge is 2.26. The standard InChI is InChI=1S/C13H16N2O3/c1-17-13-8-10(2-3-12(13)16)11(9-14)15-4-6-18-7-5-15/h2-3,8,11,16H,4-7H2,1H3/p+1/t11-/m0/s1. The summed E-state index contributed by atoms with van der Waals surface area (Å²) in [5, 5.41) is 18.9. The van der Waals surface area contributed by atoms with Gasteiger partial charge < -0.3 is 19.5 Å². The molecular weight excluding hydrogens is 232 g/mol. The summed E-state index contributed by atoms with van der Waals surface area (Å²) in [5.41, 5.74) is 0.865. The molecule has 1 aliphatic rings. The summed E-state index contributed by atoms with van der Waals surface area (Å²) in [7, 11) is 1.50. The molecule has 0 radical (unpaired) electrons. The van der Waals surface area contributed by atoms with Gasteiger partial charge in [-0.25, -0.2) is 0 Å². The molecule has 1 aromatic rings. The van der Waals surface area contributed by atoms with Crippen molar-refractivity contribution < 1.29 is 19.5 Å². The van der Waals surface area contributed by atoms with Gasteiger partial charge in [0.25, 0.3) is 0 Å². The van der Waals surface area contributed by atoms with Crippen molar-refractivity contribution >= 4 is 0 Å². The molecule has 0 bridgehead atoms. The Bertz CT molecular complexity index is 450. The predicted octanol–water partition coefficient (Wildman–Crippen LogP) is -0.119. The summed E-state index contributed by atoms with van der Waals surface area (Å²) < 4.78 is 10.4. The van der Waals surface area contributed by atoms with Crippen molar-refractivity contribution in [2.24, 2.45) is 0 Å². The molecule has 2 rings (SSSR count). The van der Waals surface area contributed by atoms with Gasteiger partial charge in [0.1, 0.15) is 19.2 Å². The molecule has 0 aliphatic carbocycles. The molecule has 18 heavy (non-hydrogen) atoms. The molecule has 96 valence electrons. The zero-order valence-electron chi connectivity index (χ0n) is 10.3. The first-order valence-electron chi connectivity index (χ1n) is 5.95. The average molecular weight is 249 g/mol. The van der Waals surface area contributed by atoms with E-state index in [0.717, 1.165) is 18.7 Å². The van der Waals surface area contributed by atoms with Gasteiger partial charge in [-0.1, -0.05) is 0 Å². The Morgan fingerprint density at radius 2 is 2.17 bits per heavy atom. The molecule has 0 aromatic heterocycles. The number of quaternary nitrogens is 1. The normalized spacial score (nSPS) is 18.0. The summed E-state index contributed by atoms with van der Waals surface area (Å²) in [6.07, 6.45) is 0. The molecule has 0 unspecified atom stereocenters. The molecule has 1 atom stereocenters.